The van der Waals surface area contributed by atoms with Gasteiger partial charge in [-0.2, -0.15) is 0 Å². The number of hydrogen-bond acceptors (Lipinski definition) is 4. The molecule has 0 spiro atoms. The van der Waals surface area contributed by atoms with Crippen LogP contribution in [0.15, 0.2) is 29.3 Å². The van der Waals surface area contributed by atoms with E-state index in [2.05, 4.69) is 20.9 Å². The van der Waals surface area contributed by atoms with Crippen LogP contribution in [-0.2, 0) is 6.54 Å². The van der Waals surface area contributed by atoms with Gasteiger partial charge in [-0.1, -0.05) is 12.1 Å². The van der Waals surface area contributed by atoms with E-state index in [-0.39, 0.29) is 11.4 Å². The Balaban J connectivity index is 1.97. The predicted octanol–water partition coefficient (Wildman–Crippen LogP) is 1.65. The fraction of sp³-hybridized carbons (Fsp3) is 0.500. The van der Waals surface area contributed by atoms with Gasteiger partial charge < -0.3 is 16.0 Å². The summed E-state index contributed by atoms with van der Waals surface area (Å²) in [7, 11) is 0. The van der Waals surface area contributed by atoms with Gasteiger partial charge in [0, 0.05) is 30.7 Å². The van der Waals surface area contributed by atoms with Crippen molar-refractivity contribution in [3.8, 4) is 0 Å². The molecular weight excluding hydrogens is 264 g/mol. The molecule has 2 rings (SSSR count). The molecule has 0 saturated heterocycles. The van der Waals surface area contributed by atoms with Gasteiger partial charge in [0.25, 0.3) is 5.91 Å². The highest BCUT2D eigenvalue weighted by molar-refractivity contribution is 5.94. The van der Waals surface area contributed by atoms with Crippen LogP contribution in [0, 0.1) is 0 Å². The summed E-state index contributed by atoms with van der Waals surface area (Å²) < 4.78 is 0. The number of aliphatic imine (C=N–C) groups is 1. The molecule has 1 heterocycles. The lowest BCUT2D eigenvalue weighted by Gasteiger charge is -2.20. The molecule has 0 aliphatic carbocycles. The topological polar surface area (TPSA) is 65.5 Å². The van der Waals surface area contributed by atoms with Crippen molar-refractivity contribution < 1.29 is 4.79 Å². The molecule has 114 valence electrons. The maximum absolute atomic E-state index is 12.2. The van der Waals surface area contributed by atoms with E-state index in [9.17, 15) is 4.79 Å². The highest BCUT2D eigenvalue weighted by atomic mass is 16.1. The number of amides is 1. The molecule has 0 fully saturated rings. The van der Waals surface area contributed by atoms with E-state index in [1.807, 2.05) is 45.0 Å². The summed E-state index contributed by atoms with van der Waals surface area (Å²) >= 11 is 0. The molecule has 5 heteroatoms. The molecule has 1 aromatic carbocycles. The van der Waals surface area contributed by atoms with Crippen LogP contribution in [0.25, 0.3) is 0 Å². The van der Waals surface area contributed by atoms with Crippen molar-refractivity contribution in [2.24, 2.45) is 4.99 Å². The van der Waals surface area contributed by atoms with Crippen LogP contribution < -0.4 is 16.0 Å². The second-order valence-electron chi connectivity index (χ2n) is 6.27. The molecule has 0 saturated carbocycles. The lowest BCUT2D eigenvalue weighted by molar-refractivity contribution is 0.0919. The van der Waals surface area contributed by atoms with E-state index in [1.165, 1.54) is 0 Å². The van der Waals surface area contributed by atoms with Crippen molar-refractivity contribution in [3.05, 3.63) is 35.4 Å². The summed E-state index contributed by atoms with van der Waals surface area (Å²) in [5.74, 6) is 0.795. The number of rotatable bonds is 3. The normalized spacial score (nSPS) is 14.9. The summed E-state index contributed by atoms with van der Waals surface area (Å²) in [6.07, 6.45) is 1.08. The minimum atomic E-state index is -0.230. The number of benzene rings is 1. The molecular formula is C16H24N4O. The Morgan fingerprint density at radius 3 is 2.86 bits per heavy atom. The van der Waals surface area contributed by atoms with Crippen molar-refractivity contribution in [1.29, 1.82) is 0 Å². The Bertz CT molecular complexity index is 531. The Hall–Kier alpha value is -2.04. The van der Waals surface area contributed by atoms with Gasteiger partial charge in [-0.15, -0.1) is 0 Å². The Morgan fingerprint density at radius 2 is 2.19 bits per heavy atom. The summed E-state index contributed by atoms with van der Waals surface area (Å²) in [6, 6.07) is 7.66. The van der Waals surface area contributed by atoms with Gasteiger partial charge in [-0.25, -0.2) is 0 Å². The quantitative estimate of drug-likeness (QED) is 0.792. The highest BCUT2D eigenvalue weighted by Crippen LogP contribution is 2.08. The highest BCUT2D eigenvalue weighted by Gasteiger charge is 2.15. The average Bonchev–Trinajstić information content (AvgIpc) is 2.45. The lowest BCUT2D eigenvalue weighted by atomic mass is 10.1. The van der Waals surface area contributed by atoms with Crippen LogP contribution in [0.1, 0.15) is 43.1 Å². The van der Waals surface area contributed by atoms with Gasteiger partial charge >= 0.3 is 0 Å². The second kappa shape index (κ2) is 6.61. The zero-order valence-corrected chi connectivity index (χ0v) is 13.0. The van der Waals surface area contributed by atoms with Crippen LogP contribution in [0.5, 0.6) is 0 Å². The molecule has 0 aromatic heterocycles. The molecule has 1 aliphatic heterocycles. The number of hydrogen-bond donors (Lipinski definition) is 3. The first-order valence-electron chi connectivity index (χ1n) is 7.38. The molecule has 3 N–H and O–H groups in total. The zero-order valence-electron chi connectivity index (χ0n) is 13.0. The smallest absolute Gasteiger partial charge is 0.251 e. The van der Waals surface area contributed by atoms with Crippen LogP contribution in [0.2, 0.25) is 0 Å². The number of guanidine groups is 1. The number of nitrogens with one attached hydrogen (secondary N) is 3. The van der Waals surface area contributed by atoms with E-state index in [0.717, 1.165) is 31.0 Å². The van der Waals surface area contributed by atoms with Crippen molar-refractivity contribution in [2.75, 3.05) is 13.1 Å². The fourth-order valence-electron chi connectivity index (χ4n) is 2.07. The van der Waals surface area contributed by atoms with Crippen LogP contribution in [-0.4, -0.2) is 30.5 Å². The summed E-state index contributed by atoms with van der Waals surface area (Å²) in [6.45, 7) is 8.40. The molecule has 1 amide bonds. The molecule has 21 heavy (non-hydrogen) atoms. The zero-order chi connectivity index (χ0) is 15.3. The summed E-state index contributed by atoms with van der Waals surface area (Å²) in [4.78, 5) is 16.5. The number of carbonyl (C=O) groups is 1. The lowest BCUT2D eigenvalue weighted by Crippen LogP contribution is -2.41. The van der Waals surface area contributed by atoms with E-state index in [4.69, 9.17) is 0 Å². The van der Waals surface area contributed by atoms with Gasteiger partial charge in [0.15, 0.2) is 5.96 Å². The molecule has 1 aliphatic rings. The van der Waals surface area contributed by atoms with E-state index in [0.29, 0.717) is 12.1 Å². The predicted molar refractivity (Wildman–Crippen MR) is 85.4 cm³/mol. The molecule has 5 nitrogen and oxygen atoms in total. The maximum Gasteiger partial charge on any atom is 0.251 e. The van der Waals surface area contributed by atoms with Gasteiger partial charge in [-0.3, -0.25) is 9.79 Å². The third-order valence-electron chi connectivity index (χ3n) is 3.03. The van der Waals surface area contributed by atoms with Gasteiger partial charge in [0.1, 0.15) is 0 Å². The monoisotopic (exact) mass is 288 g/mol. The maximum atomic E-state index is 12.2. The van der Waals surface area contributed by atoms with Crippen LogP contribution in [0.3, 0.4) is 0 Å². The minimum Gasteiger partial charge on any atom is -0.356 e. The third kappa shape index (κ3) is 5.10. The molecule has 0 atom stereocenters. The van der Waals surface area contributed by atoms with Crippen molar-refractivity contribution in [2.45, 2.75) is 39.3 Å². The first kappa shape index (κ1) is 15.4. The fourth-order valence-corrected chi connectivity index (χ4v) is 2.07. The first-order valence-corrected chi connectivity index (χ1v) is 7.38. The van der Waals surface area contributed by atoms with Gasteiger partial charge in [-0.05, 0) is 44.9 Å². The Kier molecular flexibility index (Phi) is 4.83. The Morgan fingerprint density at radius 1 is 1.38 bits per heavy atom. The van der Waals surface area contributed by atoms with E-state index in [1.54, 1.807) is 0 Å². The molecule has 0 radical (unpaired) electrons. The van der Waals surface area contributed by atoms with Crippen molar-refractivity contribution in [1.82, 2.24) is 16.0 Å². The van der Waals surface area contributed by atoms with Crippen molar-refractivity contribution in [3.63, 3.8) is 0 Å². The molecule has 1 aromatic rings. The van der Waals surface area contributed by atoms with Crippen LogP contribution >= 0.6 is 0 Å². The van der Waals surface area contributed by atoms with E-state index >= 15 is 0 Å². The SMILES string of the molecule is CC(C)(C)NC(=O)c1cccc(CNC2=NCCCN2)c1. The number of carbonyl (C=O) groups excluding carboxylic acids is 1. The Labute approximate surface area is 126 Å². The number of nitrogens with zero attached hydrogens (tertiary/aromatic N) is 1. The van der Waals surface area contributed by atoms with Gasteiger partial charge in [0.05, 0.1) is 0 Å². The standard InChI is InChI=1S/C16H24N4O/c1-16(2,3)20-14(21)13-7-4-6-12(10-13)11-19-15-17-8-5-9-18-15/h4,6-7,10H,5,8-9,11H2,1-3H3,(H,20,21)(H2,17,18,19). The largest absolute Gasteiger partial charge is 0.356 e. The minimum absolute atomic E-state index is 0.0440. The molecule has 0 bridgehead atoms. The van der Waals surface area contributed by atoms with Crippen LogP contribution in [0.4, 0.5) is 0 Å². The van der Waals surface area contributed by atoms with Crippen molar-refractivity contribution >= 4 is 11.9 Å². The second-order valence-corrected chi connectivity index (χ2v) is 6.27. The summed E-state index contributed by atoms with van der Waals surface area (Å²) in [5.41, 5.74) is 1.51. The third-order valence-corrected chi connectivity index (χ3v) is 3.03. The first-order chi connectivity index (χ1) is 9.94. The molecule has 0 unspecified atom stereocenters. The average molecular weight is 288 g/mol. The van der Waals surface area contributed by atoms with Gasteiger partial charge in [0.2, 0.25) is 0 Å². The van der Waals surface area contributed by atoms with E-state index < -0.39 is 0 Å². The summed E-state index contributed by atoms with van der Waals surface area (Å²) in [5, 5.41) is 9.45.